The quantitative estimate of drug-likeness (QED) is 0.650. The zero-order chi connectivity index (χ0) is 19.7. The van der Waals surface area contributed by atoms with Crippen molar-refractivity contribution in [3.8, 4) is 0 Å². The molecule has 5 atom stereocenters. The van der Waals surface area contributed by atoms with Crippen molar-refractivity contribution in [1.82, 2.24) is 15.4 Å². The van der Waals surface area contributed by atoms with Gasteiger partial charge in [-0.25, -0.2) is 4.79 Å². The Labute approximate surface area is 173 Å². The second-order valence-corrected chi connectivity index (χ2v) is 9.33. The second kappa shape index (κ2) is 8.33. The third-order valence-electron chi connectivity index (χ3n) is 6.23. The predicted molar refractivity (Wildman–Crippen MR) is 109 cm³/mol. The molecule has 28 heavy (non-hydrogen) atoms. The highest BCUT2D eigenvalue weighted by Gasteiger charge is 2.44. The van der Waals surface area contributed by atoms with Crippen molar-refractivity contribution in [3.63, 3.8) is 0 Å². The summed E-state index contributed by atoms with van der Waals surface area (Å²) in [4.78, 5) is 36.4. The van der Waals surface area contributed by atoms with Gasteiger partial charge in [-0.2, -0.15) is 0 Å². The molecule has 4 rings (SSSR count). The van der Waals surface area contributed by atoms with Gasteiger partial charge in [0.15, 0.2) is 0 Å². The first-order valence-corrected chi connectivity index (χ1v) is 11.1. The van der Waals surface area contributed by atoms with Crippen LogP contribution >= 0.6 is 23.5 Å². The molecule has 150 valence electrons. The molecule has 6 nitrogen and oxygen atoms in total. The summed E-state index contributed by atoms with van der Waals surface area (Å²) in [6.07, 6.45) is 4.88. The fraction of sp³-hybridized carbons (Fsp3) is 0.550. The zero-order valence-electron chi connectivity index (χ0n) is 15.4. The second-order valence-electron chi connectivity index (χ2n) is 8.07. The van der Waals surface area contributed by atoms with Gasteiger partial charge < -0.3 is 5.32 Å². The van der Waals surface area contributed by atoms with Crippen molar-refractivity contribution in [2.45, 2.75) is 38.1 Å². The molecule has 2 aliphatic carbocycles. The first-order valence-electron chi connectivity index (χ1n) is 9.77. The van der Waals surface area contributed by atoms with Crippen LogP contribution in [0.4, 0.5) is 4.79 Å². The van der Waals surface area contributed by atoms with Crippen LogP contribution in [0.5, 0.6) is 0 Å². The lowest BCUT2D eigenvalue weighted by molar-refractivity contribution is -0.130. The highest BCUT2D eigenvalue weighted by atomic mass is 35.5. The highest BCUT2D eigenvalue weighted by Crippen LogP contribution is 2.52. The number of carbonyl (C=O) groups excluding carboxylic acids is 3. The van der Waals surface area contributed by atoms with Gasteiger partial charge in [-0.15, -0.1) is 0 Å². The summed E-state index contributed by atoms with van der Waals surface area (Å²) in [5.74, 6) is 1.07. The van der Waals surface area contributed by atoms with Crippen molar-refractivity contribution in [1.29, 1.82) is 0 Å². The number of hydrogen-bond donors (Lipinski definition) is 3. The van der Waals surface area contributed by atoms with Gasteiger partial charge in [0, 0.05) is 17.2 Å². The Kier molecular flexibility index (Phi) is 5.83. The lowest BCUT2D eigenvalue weighted by Gasteiger charge is -2.33. The molecule has 1 aliphatic heterocycles. The van der Waals surface area contributed by atoms with Crippen molar-refractivity contribution in [2.75, 3.05) is 5.75 Å². The van der Waals surface area contributed by atoms with Crippen LogP contribution in [0, 0.1) is 23.7 Å². The van der Waals surface area contributed by atoms with E-state index >= 15 is 0 Å². The van der Waals surface area contributed by atoms with Gasteiger partial charge in [0.1, 0.15) is 0 Å². The Morgan fingerprint density at radius 3 is 2.82 bits per heavy atom. The van der Waals surface area contributed by atoms with E-state index < -0.39 is 17.9 Å². The molecule has 3 fully saturated rings. The Morgan fingerprint density at radius 1 is 1.25 bits per heavy atom. The minimum Gasteiger partial charge on any atom is -0.349 e. The Hall–Kier alpha value is -1.73. The molecule has 8 heteroatoms. The molecule has 1 heterocycles. The maximum Gasteiger partial charge on any atom is 0.331 e. The lowest BCUT2D eigenvalue weighted by atomic mass is 9.80. The van der Waals surface area contributed by atoms with Gasteiger partial charge in [-0.1, -0.05) is 30.2 Å². The standard InChI is InChI=1S/C20H24ClN3O3S/c21-15-3-1-2-13(8-15)18(16-7-11-4-5-12(16)6-11)23-19(26)14-9-17(25)22-20(27)24-28-10-14/h1-3,8,11-12,14,16,18H,4-7,9-10H2,(H,23,26)(H2,22,24,25,27). The number of benzene rings is 1. The maximum atomic E-state index is 13.1. The fourth-order valence-electron chi connectivity index (χ4n) is 4.97. The molecule has 1 aromatic rings. The lowest BCUT2D eigenvalue weighted by Crippen LogP contribution is -2.45. The van der Waals surface area contributed by atoms with Crippen molar-refractivity contribution < 1.29 is 14.4 Å². The summed E-state index contributed by atoms with van der Waals surface area (Å²) >= 11 is 7.37. The molecule has 3 N–H and O–H groups in total. The number of amides is 4. The predicted octanol–water partition coefficient (Wildman–Crippen LogP) is 3.43. The largest absolute Gasteiger partial charge is 0.349 e. The smallest absolute Gasteiger partial charge is 0.331 e. The van der Waals surface area contributed by atoms with E-state index in [9.17, 15) is 14.4 Å². The molecule has 0 aromatic heterocycles. The molecule has 0 radical (unpaired) electrons. The van der Waals surface area contributed by atoms with E-state index in [1.165, 1.54) is 19.3 Å². The Balaban J connectivity index is 1.52. The van der Waals surface area contributed by atoms with E-state index in [1.54, 1.807) is 0 Å². The third-order valence-corrected chi connectivity index (χ3v) is 7.37. The Morgan fingerprint density at radius 2 is 2.11 bits per heavy atom. The normalized spacial score (nSPS) is 30.8. The van der Waals surface area contributed by atoms with Gasteiger partial charge in [0.25, 0.3) is 0 Å². The van der Waals surface area contributed by atoms with E-state index in [1.807, 2.05) is 24.3 Å². The van der Waals surface area contributed by atoms with E-state index in [2.05, 4.69) is 15.4 Å². The van der Waals surface area contributed by atoms with Crippen LogP contribution in [0.1, 0.15) is 43.7 Å². The van der Waals surface area contributed by atoms with Crippen molar-refractivity contribution >= 4 is 41.4 Å². The zero-order valence-corrected chi connectivity index (χ0v) is 17.0. The number of carbonyl (C=O) groups is 3. The molecule has 1 aromatic carbocycles. The minimum atomic E-state index is -0.535. The van der Waals surface area contributed by atoms with Crippen molar-refractivity contribution in [3.05, 3.63) is 34.9 Å². The summed E-state index contributed by atoms with van der Waals surface area (Å²) in [7, 11) is 0. The van der Waals surface area contributed by atoms with Crippen LogP contribution in [-0.2, 0) is 9.59 Å². The average molecular weight is 422 g/mol. The monoisotopic (exact) mass is 421 g/mol. The highest BCUT2D eigenvalue weighted by molar-refractivity contribution is 7.97. The summed E-state index contributed by atoms with van der Waals surface area (Å²) in [5, 5.41) is 6.12. The maximum absolute atomic E-state index is 13.1. The van der Waals surface area contributed by atoms with E-state index in [0.29, 0.717) is 22.6 Å². The molecule has 3 aliphatic rings. The number of urea groups is 1. The minimum absolute atomic E-state index is 0.00520. The summed E-state index contributed by atoms with van der Waals surface area (Å²) in [5.41, 5.74) is 1.02. The van der Waals surface area contributed by atoms with E-state index in [-0.39, 0.29) is 18.4 Å². The van der Waals surface area contributed by atoms with E-state index in [4.69, 9.17) is 11.6 Å². The molecule has 2 saturated carbocycles. The molecular weight excluding hydrogens is 398 g/mol. The molecule has 5 unspecified atom stereocenters. The number of halogens is 1. The topological polar surface area (TPSA) is 87.3 Å². The number of imide groups is 1. The first-order chi connectivity index (χ1) is 13.5. The molecule has 4 amide bonds. The third kappa shape index (κ3) is 4.30. The van der Waals surface area contributed by atoms with Gasteiger partial charge in [-0.3, -0.25) is 19.6 Å². The van der Waals surface area contributed by atoms with Crippen molar-refractivity contribution in [2.24, 2.45) is 23.7 Å². The summed E-state index contributed by atoms with van der Waals surface area (Å²) in [6.45, 7) is 0. The van der Waals surface area contributed by atoms with Crippen LogP contribution in [0.25, 0.3) is 0 Å². The van der Waals surface area contributed by atoms with Gasteiger partial charge >= 0.3 is 6.03 Å². The Bertz CT molecular complexity index is 790. The average Bonchev–Trinajstić information content (AvgIpc) is 3.27. The van der Waals surface area contributed by atoms with Crippen LogP contribution in [-0.4, -0.2) is 23.6 Å². The number of nitrogens with one attached hydrogen (secondary N) is 3. The number of rotatable bonds is 4. The van der Waals surface area contributed by atoms with Crippen LogP contribution in [0.2, 0.25) is 5.02 Å². The SMILES string of the molecule is O=C1CC(C(=O)NC(c2cccc(Cl)c2)C2CC3CCC2C3)CSNC(=O)N1. The molecule has 2 bridgehead atoms. The van der Waals surface area contributed by atoms with Gasteiger partial charge in [0.05, 0.1) is 12.0 Å². The molecule has 0 spiro atoms. The fourth-order valence-corrected chi connectivity index (χ4v) is 5.91. The van der Waals surface area contributed by atoms with Crippen LogP contribution < -0.4 is 15.4 Å². The summed E-state index contributed by atoms with van der Waals surface area (Å²) in [6, 6.07) is 7.06. The van der Waals surface area contributed by atoms with Crippen LogP contribution in [0.3, 0.4) is 0 Å². The van der Waals surface area contributed by atoms with Crippen LogP contribution in [0.15, 0.2) is 24.3 Å². The van der Waals surface area contributed by atoms with E-state index in [0.717, 1.165) is 29.9 Å². The molecular formula is C20H24ClN3O3S. The number of hydrogen-bond acceptors (Lipinski definition) is 4. The van der Waals surface area contributed by atoms with Gasteiger partial charge in [0.2, 0.25) is 11.8 Å². The number of fused-ring (bicyclic) bond motifs is 2. The molecule has 1 saturated heterocycles. The summed E-state index contributed by atoms with van der Waals surface area (Å²) < 4.78 is 2.52. The first kappa shape index (κ1) is 19.6. The van der Waals surface area contributed by atoms with Gasteiger partial charge in [-0.05, 0) is 66.7 Å².